The summed E-state index contributed by atoms with van der Waals surface area (Å²) in [5.41, 5.74) is 2.30. The van der Waals surface area contributed by atoms with Crippen LogP contribution in [0.2, 0.25) is 0 Å². The van der Waals surface area contributed by atoms with Crippen LogP contribution in [0.4, 0.5) is 0 Å². The number of nitrogens with one attached hydrogen (secondary N) is 1. The van der Waals surface area contributed by atoms with E-state index in [1.165, 1.54) is 0 Å². The van der Waals surface area contributed by atoms with Crippen molar-refractivity contribution in [1.29, 1.82) is 0 Å². The molecule has 0 saturated carbocycles. The third-order valence-electron chi connectivity index (χ3n) is 3.83. The van der Waals surface area contributed by atoms with Crippen LogP contribution in [0.1, 0.15) is 47.8 Å². The minimum atomic E-state index is -0.236. The number of aromatic nitrogens is 2. The van der Waals surface area contributed by atoms with Crippen molar-refractivity contribution in [2.24, 2.45) is 5.92 Å². The molecule has 0 aliphatic heterocycles. The van der Waals surface area contributed by atoms with Gasteiger partial charge in [0.05, 0.1) is 18.2 Å². The van der Waals surface area contributed by atoms with Crippen LogP contribution < -0.4 is 5.32 Å². The molecule has 0 spiro atoms. The van der Waals surface area contributed by atoms with Gasteiger partial charge >= 0.3 is 0 Å². The summed E-state index contributed by atoms with van der Waals surface area (Å²) >= 11 is 0. The number of aliphatic hydroxyl groups excluding tert-OH is 1. The van der Waals surface area contributed by atoms with Crippen molar-refractivity contribution < 1.29 is 14.4 Å². The molecule has 23 heavy (non-hydrogen) atoms. The van der Waals surface area contributed by atoms with Crippen LogP contribution in [0.5, 0.6) is 0 Å². The molecule has 1 atom stereocenters. The van der Waals surface area contributed by atoms with Gasteiger partial charge in [0.15, 0.2) is 5.82 Å². The van der Waals surface area contributed by atoms with Gasteiger partial charge in [-0.1, -0.05) is 19.0 Å². The van der Waals surface area contributed by atoms with Crippen molar-refractivity contribution in [3.8, 4) is 5.82 Å². The first-order valence-electron chi connectivity index (χ1n) is 7.87. The van der Waals surface area contributed by atoms with E-state index in [9.17, 15) is 9.90 Å². The summed E-state index contributed by atoms with van der Waals surface area (Å²) < 4.78 is 7.01. The van der Waals surface area contributed by atoms with Crippen molar-refractivity contribution in [2.45, 2.75) is 47.1 Å². The highest BCUT2D eigenvalue weighted by Gasteiger charge is 2.21. The van der Waals surface area contributed by atoms with E-state index in [1.807, 2.05) is 37.5 Å². The van der Waals surface area contributed by atoms with Gasteiger partial charge in [-0.15, -0.1) is 0 Å². The van der Waals surface area contributed by atoms with Gasteiger partial charge in [0.25, 0.3) is 5.91 Å². The van der Waals surface area contributed by atoms with Gasteiger partial charge in [-0.2, -0.15) is 0 Å². The molecule has 2 N–H and O–H groups in total. The van der Waals surface area contributed by atoms with E-state index in [0.717, 1.165) is 23.6 Å². The highest BCUT2D eigenvalue weighted by atomic mass is 16.5. The minimum Gasteiger partial charge on any atom is -0.394 e. The molecule has 0 aliphatic carbocycles. The van der Waals surface area contributed by atoms with E-state index in [4.69, 9.17) is 4.52 Å². The van der Waals surface area contributed by atoms with Crippen LogP contribution in [0, 0.1) is 26.7 Å². The smallest absolute Gasteiger partial charge is 0.253 e. The maximum absolute atomic E-state index is 12.5. The summed E-state index contributed by atoms with van der Waals surface area (Å²) in [5.74, 6) is 1.61. The lowest BCUT2D eigenvalue weighted by atomic mass is 10.0. The zero-order valence-corrected chi connectivity index (χ0v) is 14.4. The van der Waals surface area contributed by atoms with E-state index < -0.39 is 0 Å². The Morgan fingerprint density at radius 3 is 2.57 bits per heavy atom. The molecular weight excluding hydrogens is 294 g/mol. The molecule has 1 unspecified atom stereocenters. The first kappa shape index (κ1) is 17.3. The van der Waals surface area contributed by atoms with Crippen LogP contribution in [0.3, 0.4) is 0 Å². The highest BCUT2D eigenvalue weighted by molar-refractivity contribution is 5.96. The summed E-state index contributed by atoms with van der Waals surface area (Å²) in [4.78, 5) is 12.5. The van der Waals surface area contributed by atoms with Crippen LogP contribution in [-0.4, -0.2) is 33.4 Å². The second-order valence-corrected chi connectivity index (χ2v) is 6.40. The molecular formula is C17H25N3O3. The number of carbonyl (C=O) groups excluding carboxylic acids is 1. The monoisotopic (exact) mass is 319 g/mol. The van der Waals surface area contributed by atoms with Gasteiger partial charge in [0.1, 0.15) is 5.76 Å². The molecule has 2 aromatic rings. The third kappa shape index (κ3) is 3.82. The second kappa shape index (κ2) is 7.00. The lowest BCUT2D eigenvalue weighted by molar-refractivity contribution is 0.0907. The quantitative estimate of drug-likeness (QED) is 0.857. The molecule has 126 valence electrons. The minimum absolute atomic E-state index is 0.0643. The summed E-state index contributed by atoms with van der Waals surface area (Å²) in [6, 6.07) is 3.43. The Kier molecular flexibility index (Phi) is 5.26. The first-order valence-corrected chi connectivity index (χ1v) is 7.87. The van der Waals surface area contributed by atoms with Crippen LogP contribution >= 0.6 is 0 Å². The number of aliphatic hydroxyl groups is 1. The number of nitrogens with zero attached hydrogens (tertiary/aromatic N) is 2. The van der Waals surface area contributed by atoms with Crippen molar-refractivity contribution in [2.75, 3.05) is 6.61 Å². The Labute approximate surface area is 136 Å². The number of hydrogen-bond acceptors (Lipinski definition) is 4. The molecule has 2 rings (SSSR count). The molecule has 6 heteroatoms. The zero-order chi connectivity index (χ0) is 17.1. The molecule has 0 fully saturated rings. The topological polar surface area (TPSA) is 80.3 Å². The molecule has 0 saturated heterocycles. The predicted octanol–water partition coefficient (Wildman–Crippen LogP) is 2.53. The zero-order valence-electron chi connectivity index (χ0n) is 14.4. The second-order valence-electron chi connectivity index (χ2n) is 6.40. The molecule has 0 aromatic carbocycles. The largest absolute Gasteiger partial charge is 0.394 e. The van der Waals surface area contributed by atoms with Gasteiger partial charge in [0, 0.05) is 17.5 Å². The average Bonchev–Trinajstić information content (AvgIpc) is 3.01. The number of amides is 1. The van der Waals surface area contributed by atoms with Crippen molar-refractivity contribution in [3.05, 3.63) is 34.8 Å². The Morgan fingerprint density at radius 2 is 2.04 bits per heavy atom. The third-order valence-corrected chi connectivity index (χ3v) is 3.83. The fourth-order valence-electron chi connectivity index (χ4n) is 2.82. The van der Waals surface area contributed by atoms with Gasteiger partial charge in [-0.3, -0.25) is 9.36 Å². The van der Waals surface area contributed by atoms with Gasteiger partial charge in [0.2, 0.25) is 0 Å². The number of rotatable bonds is 6. The van der Waals surface area contributed by atoms with Gasteiger partial charge < -0.3 is 14.9 Å². The van der Waals surface area contributed by atoms with Crippen LogP contribution in [0.15, 0.2) is 16.7 Å². The fourth-order valence-corrected chi connectivity index (χ4v) is 2.82. The molecule has 2 aromatic heterocycles. The molecule has 0 aliphatic rings. The highest BCUT2D eigenvalue weighted by Crippen LogP contribution is 2.21. The van der Waals surface area contributed by atoms with E-state index in [1.54, 1.807) is 0 Å². The SMILES string of the molecule is Cc1cc(-n2c(C)cc(C(=O)NC(CO)CC(C)C)c2C)no1. The summed E-state index contributed by atoms with van der Waals surface area (Å²) in [5, 5.41) is 16.4. The Morgan fingerprint density at radius 1 is 1.35 bits per heavy atom. The summed E-state index contributed by atoms with van der Waals surface area (Å²) in [6.45, 7) is 9.69. The molecule has 6 nitrogen and oxygen atoms in total. The molecule has 1 amide bonds. The Hall–Kier alpha value is -2.08. The Bertz CT molecular complexity index is 685. The Balaban J connectivity index is 2.25. The van der Waals surface area contributed by atoms with E-state index in [-0.39, 0.29) is 18.6 Å². The van der Waals surface area contributed by atoms with Gasteiger partial charge in [-0.25, -0.2) is 0 Å². The maximum Gasteiger partial charge on any atom is 0.253 e. The lowest BCUT2D eigenvalue weighted by Crippen LogP contribution is -2.38. The lowest BCUT2D eigenvalue weighted by Gasteiger charge is -2.18. The predicted molar refractivity (Wildman–Crippen MR) is 87.8 cm³/mol. The standard InChI is InChI=1S/C17H25N3O3/c1-10(2)6-14(9-21)18-17(22)15-7-11(3)20(13(15)5)16-8-12(4)23-19-16/h7-8,10,14,21H,6,9H2,1-5H3,(H,18,22). The summed E-state index contributed by atoms with van der Waals surface area (Å²) in [6.07, 6.45) is 0.740. The van der Waals surface area contributed by atoms with Crippen molar-refractivity contribution >= 4 is 5.91 Å². The van der Waals surface area contributed by atoms with E-state index in [2.05, 4.69) is 24.3 Å². The van der Waals surface area contributed by atoms with Crippen molar-refractivity contribution in [3.63, 3.8) is 0 Å². The average molecular weight is 319 g/mol. The fraction of sp³-hybridized carbons (Fsp3) is 0.529. The van der Waals surface area contributed by atoms with Crippen molar-refractivity contribution in [1.82, 2.24) is 15.0 Å². The number of hydrogen-bond donors (Lipinski definition) is 2. The normalized spacial score (nSPS) is 12.7. The number of aryl methyl sites for hydroxylation is 2. The first-order chi connectivity index (χ1) is 10.8. The van der Waals surface area contributed by atoms with Gasteiger partial charge in [-0.05, 0) is 39.2 Å². The maximum atomic E-state index is 12.5. The summed E-state index contributed by atoms with van der Waals surface area (Å²) in [7, 11) is 0. The van der Waals surface area contributed by atoms with Crippen LogP contribution in [0.25, 0.3) is 5.82 Å². The van der Waals surface area contributed by atoms with E-state index >= 15 is 0 Å². The number of carbonyl (C=O) groups is 1. The molecule has 2 heterocycles. The van der Waals surface area contributed by atoms with E-state index in [0.29, 0.717) is 17.3 Å². The molecule has 0 bridgehead atoms. The molecule has 0 radical (unpaired) electrons. The van der Waals surface area contributed by atoms with Crippen LogP contribution in [-0.2, 0) is 0 Å².